The minimum Gasteiger partial charge on any atom is -0.496 e. The van der Waals surface area contributed by atoms with Gasteiger partial charge >= 0.3 is 0 Å². The highest BCUT2D eigenvalue weighted by Gasteiger charge is 2.11. The maximum absolute atomic E-state index is 11.2. The van der Waals surface area contributed by atoms with Crippen LogP contribution in [0, 0.1) is 0 Å². The Balaban J connectivity index is 3.31. The third-order valence-corrected chi connectivity index (χ3v) is 2.66. The Morgan fingerprint density at radius 1 is 1.57 bits per heavy atom. The predicted octanol–water partition coefficient (Wildman–Crippen LogP) is 2.15. The number of benzene rings is 1. The maximum atomic E-state index is 11.2. The zero-order valence-electron chi connectivity index (χ0n) is 8.00. The molecule has 1 rings (SSSR count). The monoisotopic (exact) mass is 258 g/mol. The highest BCUT2D eigenvalue weighted by molar-refractivity contribution is 9.10. The zero-order chi connectivity index (χ0) is 10.7. The topological polar surface area (TPSA) is 46.5 Å². The van der Waals surface area contributed by atoms with Crippen LogP contribution in [0.25, 0.3) is 0 Å². The number of aliphatic hydroxyl groups is 1. The molecule has 0 spiro atoms. The van der Waals surface area contributed by atoms with Crippen LogP contribution in [0.15, 0.2) is 16.6 Å². The fourth-order valence-corrected chi connectivity index (χ4v) is 1.63. The maximum Gasteiger partial charge on any atom is 0.163 e. The molecule has 0 saturated carbocycles. The molecule has 0 heterocycles. The van der Waals surface area contributed by atoms with Gasteiger partial charge in [-0.1, -0.05) is 15.9 Å². The van der Waals surface area contributed by atoms with Crippen molar-refractivity contribution in [1.82, 2.24) is 0 Å². The molecule has 1 aromatic carbocycles. The first kappa shape index (κ1) is 11.2. The van der Waals surface area contributed by atoms with Gasteiger partial charge in [0.2, 0.25) is 0 Å². The molecule has 0 unspecified atom stereocenters. The van der Waals surface area contributed by atoms with Crippen molar-refractivity contribution in [3.63, 3.8) is 0 Å². The molecule has 0 saturated heterocycles. The van der Waals surface area contributed by atoms with Gasteiger partial charge in [0.1, 0.15) is 5.75 Å². The number of carbonyl (C=O) groups excluding carboxylic acids is 1. The Morgan fingerprint density at radius 2 is 2.21 bits per heavy atom. The second kappa shape index (κ2) is 4.57. The second-order valence-electron chi connectivity index (χ2n) is 2.86. The van der Waals surface area contributed by atoms with Gasteiger partial charge in [-0.3, -0.25) is 4.79 Å². The van der Waals surface area contributed by atoms with Gasteiger partial charge in [0.15, 0.2) is 5.78 Å². The number of aliphatic hydroxyl groups excluding tert-OH is 1. The Labute approximate surface area is 90.8 Å². The Hall–Kier alpha value is -0.870. The van der Waals surface area contributed by atoms with Crippen LogP contribution in [0.2, 0.25) is 0 Å². The molecule has 1 N–H and O–H groups in total. The van der Waals surface area contributed by atoms with Crippen LogP contribution in [0.1, 0.15) is 22.8 Å². The van der Waals surface area contributed by atoms with Gasteiger partial charge in [-0.2, -0.15) is 0 Å². The minimum atomic E-state index is -0.0882. The third kappa shape index (κ3) is 2.13. The largest absolute Gasteiger partial charge is 0.496 e. The van der Waals surface area contributed by atoms with E-state index in [2.05, 4.69) is 15.9 Å². The fraction of sp³-hybridized carbons (Fsp3) is 0.300. The number of hydrogen-bond donors (Lipinski definition) is 1. The van der Waals surface area contributed by atoms with E-state index in [1.165, 1.54) is 14.0 Å². The van der Waals surface area contributed by atoms with Crippen molar-refractivity contribution in [3.8, 4) is 5.75 Å². The van der Waals surface area contributed by atoms with Crippen molar-refractivity contribution < 1.29 is 14.6 Å². The molecule has 0 aliphatic carbocycles. The van der Waals surface area contributed by atoms with Crippen molar-refractivity contribution >= 4 is 21.7 Å². The fourth-order valence-electron chi connectivity index (χ4n) is 1.16. The van der Waals surface area contributed by atoms with Crippen LogP contribution >= 0.6 is 15.9 Å². The molecule has 1 aromatic rings. The van der Waals surface area contributed by atoms with Crippen molar-refractivity contribution in [2.75, 3.05) is 7.11 Å². The summed E-state index contributed by atoms with van der Waals surface area (Å²) < 4.78 is 5.77. The van der Waals surface area contributed by atoms with Crippen LogP contribution in [-0.4, -0.2) is 18.0 Å². The van der Waals surface area contributed by atoms with E-state index in [4.69, 9.17) is 9.84 Å². The summed E-state index contributed by atoms with van der Waals surface area (Å²) >= 11 is 3.27. The van der Waals surface area contributed by atoms with Crippen LogP contribution in [-0.2, 0) is 6.61 Å². The van der Waals surface area contributed by atoms with E-state index in [-0.39, 0.29) is 12.4 Å². The van der Waals surface area contributed by atoms with E-state index in [1.54, 1.807) is 12.1 Å². The molecule has 3 nitrogen and oxygen atoms in total. The van der Waals surface area contributed by atoms with Crippen molar-refractivity contribution in [1.29, 1.82) is 0 Å². The number of carbonyl (C=O) groups is 1. The summed E-state index contributed by atoms with van der Waals surface area (Å²) in [6.07, 6.45) is 0. The molecule has 0 atom stereocenters. The van der Waals surface area contributed by atoms with E-state index < -0.39 is 0 Å². The van der Waals surface area contributed by atoms with Gasteiger partial charge in [0.25, 0.3) is 0 Å². The molecule has 0 bridgehead atoms. The molecule has 76 valence electrons. The van der Waals surface area contributed by atoms with Gasteiger partial charge in [0, 0.05) is 4.47 Å². The van der Waals surface area contributed by atoms with E-state index in [1.807, 2.05) is 0 Å². The zero-order valence-corrected chi connectivity index (χ0v) is 9.59. The second-order valence-corrected chi connectivity index (χ2v) is 3.71. The lowest BCUT2D eigenvalue weighted by Crippen LogP contribution is -1.99. The lowest BCUT2D eigenvalue weighted by molar-refractivity contribution is 0.101. The number of hydrogen-bond acceptors (Lipinski definition) is 3. The molecule has 0 fully saturated rings. The average Bonchev–Trinajstić information content (AvgIpc) is 2.17. The van der Waals surface area contributed by atoms with Crippen molar-refractivity contribution in [2.45, 2.75) is 13.5 Å². The summed E-state index contributed by atoms with van der Waals surface area (Å²) in [6, 6.07) is 3.31. The summed E-state index contributed by atoms with van der Waals surface area (Å²) in [7, 11) is 1.50. The van der Waals surface area contributed by atoms with Gasteiger partial charge in [0.05, 0.1) is 19.3 Å². The molecule has 0 aliphatic rings. The van der Waals surface area contributed by atoms with Gasteiger partial charge < -0.3 is 9.84 Å². The average molecular weight is 259 g/mol. The first-order valence-corrected chi connectivity index (χ1v) is 4.87. The van der Waals surface area contributed by atoms with Crippen LogP contribution < -0.4 is 4.74 Å². The Kier molecular flexibility index (Phi) is 3.66. The number of ether oxygens (including phenoxy) is 1. The summed E-state index contributed by atoms with van der Waals surface area (Å²) in [5.74, 6) is 0.428. The van der Waals surface area contributed by atoms with E-state index in [9.17, 15) is 4.79 Å². The van der Waals surface area contributed by atoms with Gasteiger partial charge in [-0.25, -0.2) is 0 Å². The van der Waals surface area contributed by atoms with Crippen LogP contribution in [0.5, 0.6) is 5.75 Å². The van der Waals surface area contributed by atoms with E-state index in [0.29, 0.717) is 21.3 Å². The van der Waals surface area contributed by atoms with Crippen LogP contribution in [0.4, 0.5) is 0 Å². The Bertz CT molecular complexity index is 361. The van der Waals surface area contributed by atoms with Gasteiger partial charge in [-0.15, -0.1) is 0 Å². The molecule has 14 heavy (non-hydrogen) atoms. The number of halogens is 1. The first-order chi connectivity index (χ1) is 6.60. The van der Waals surface area contributed by atoms with Crippen molar-refractivity contribution in [3.05, 3.63) is 27.7 Å². The molecule has 0 aromatic heterocycles. The summed E-state index contributed by atoms with van der Waals surface area (Å²) in [5, 5.41) is 9.00. The molecular formula is C10H11BrO3. The lowest BCUT2D eigenvalue weighted by atomic mass is 10.1. The summed E-state index contributed by atoms with van der Waals surface area (Å²) in [5.41, 5.74) is 1.21. The summed E-state index contributed by atoms with van der Waals surface area (Å²) in [6.45, 7) is 1.39. The molecular weight excluding hydrogens is 248 g/mol. The molecule has 0 amide bonds. The van der Waals surface area contributed by atoms with Gasteiger partial charge in [-0.05, 0) is 24.6 Å². The normalized spacial score (nSPS) is 10.0. The minimum absolute atomic E-state index is 0.0629. The highest BCUT2D eigenvalue weighted by Crippen LogP contribution is 2.27. The first-order valence-electron chi connectivity index (χ1n) is 4.08. The third-order valence-electron chi connectivity index (χ3n) is 1.92. The smallest absolute Gasteiger partial charge is 0.163 e. The highest BCUT2D eigenvalue weighted by atomic mass is 79.9. The SMILES string of the molecule is COc1cc(CO)c(Br)cc1C(C)=O. The lowest BCUT2D eigenvalue weighted by Gasteiger charge is -2.09. The van der Waals surface area contributed by atoms with E-state index in [0.717, 1.165) is 0 Å². The molecule has 0 aliphatic heterocycles. The number of methoxy groups -OCH3 is 1. The summed E-state index contributed by atoms with van der Waals surface area (Å²) in [4.78, 5) is 11.2. The quantitative estimate of drug-likeness (QED) is 0.846. The Morgan fingerprint density at radius 3 is 2.64 bits per heavy atom. The molecule has 0 radical (unpaired) electrons. The standard InChI is InChI=1S/C10H11BrO3/c1-6(13)8-4-9(11)7(5-12)3-10(8)14-2/h3-4,12H,5H2,1-2H3. The van der Waals surface area contributed by atoms with E-state index >= 15 is 0 Å². The molecule has 4 heteroatoms. The number of rotatable bonds is 3. The number of Topliss-reactive ketones (excluding diaryl/α,β-unsaturated/α-hetero) is 1. The van der Waals surface area contributed by atoms with Crippen LogP contribution in [0.3, 0.4) is 0 Å². The predicted molar refractivity (Wildman–Crippen MR) is 56.6 cm³/mol. The number of ketones is 1. The van der Waals surface area contributed by atoms with Crippen molar-refractivity contribution in [2.24, 2.45) is 0 Å².